The van der Waals surface area contributed by atoms with Crippen molar-refractivity contribution in [1.29, 1.82) is 0 Å². The van der Waals surface area contributed by atoms with E-state index in [2.05, 4.69) is 9.97 Å². The van der Waals surface area contributed by atoms with Crippen LogP contribution in [0.5, 0.6) is 0 Å². The van der Waals surface area contributed by atoms with Crippen LogP contribution >= 0.6 is 0 Å². The predicted octanol–water partition coefficient (Wildman–Crippen LogP) is 4.01. The monoisotopic (exact) mass is 426 g/mol. The number of aryl methyl sites for hydroxylation is 1. The van der Waals surface area contributed by atoms with Gasteiger partial charge in [0.2, 0.25) is 5.91 Å². The van der Waals surface area contributed by atoms with Crippen molar-refractivity contribution in [1.82, 2.24) is 19.4 Å². The fourth-order valence-electron chi connectivity index (χ4n) is 3.90. The summed E-state index contributed by atoms with van der Waals surface area (Å²) in [5, 5.41) is 0.936. The lowest BCUT2D eigenvalue weighted by molar-refractivity contribution is -0.133. The molecule has 5 aromatic rings. The van der Waals surface area contributed by atoms with E-state index in [0.717, 1.165) is 27.5 Å². The number of nitrogens with one attached hydrogen (secondary N) is 1. The van der Waals surface area contributed by atoms with Crippen LogP contribution in [0.1, 0.15) is 16.9 Å². The minimum Gasteiger partial charge on any atom is -0.467 e. The third-order valence-corrected chi connectivity index (χ3v) is 5.55. The zero-order valence-corrected chi connectivity index (χ0v) is 17.6. The largest absolute Gasteiger partial charge is 0.467 e. The van der Waals surface area contributed by atoms with Crippen LogP contribution in [-0.4, -0.2) is 25.3 Å². The topological polar surface area (TPSA) is 84.1 Å². The maximum atomic E-state index is 13.3. The van der Waals surface area contributed by atoms with Crippen LogP contribution in [-0.2, 0) is 24.4 Å². The van der Waals surface area contributed by atoms with Gasteiger partial charge in [-0.2, -0.15) is 0 Å². The van der Waals surface area contributed by atoms with E-state index in [-0.39, 0.29) is 31.1 Å². The van der Waals surface area contributed by atoms with Crippen molar-refractivity contribution < 1.29 is 9.21 Å². The molecular weight excluding hydrogens is 404 g/mol. The Morgan fingerprint density at radius 1 is 1.09 bits per heavy atom. The number of hydrogen-bond acceptors (Lipinski definition) is 4. The summed E-state index contributed by atoms with van der Waals surface area (Å²) < 4.78 is 7.29. The van der Waals surface area contributed by atoms with Gasteiger partial charge in [0, 0.05) is 11.1 Å². The van der Waals surface area contributed by atoms with Crippen LogP contribution < -0.4 is 5.56 Å². The second-order valence-corrected chi connectivity index (χ2v) is 7.90. The number of nitrogens with zero attached hydrogens (tertiary/aromatic N) is 3. The molecule has 5 rings (SSSR count). The fraction of sp³-hybridized carbons (Fsp3) is 0.160. The summed E-state index contributed by atoms with van der Waals surface area (Å²) in [4.78, 5) is 35.0. The first-order valence-electron chi connectivity index (χ1n) is 10.4. The van der Waals surface area contributed by atoms with Crippen LogP contribution in [0.25, 0.3) is 21.9 Å². The smallest absolute Gasteiger partial charge is 0.253 e. The van der Waals surface area contributed by atoms with Crippen molar-refractivity contribution in [2.45, 2.75) is 26.6 Å². The van der Waals surface area contributed by atoms with Crippen LogP contribution in [0.4, 0.5) is 0 Å². The molecule has 160 valence electrons. The summed E-state index contributed by atoms with van der Waals surface area (Å²) in [7, 11) is 0. The average molecular weight is 426 g/mol. The molecular formula is C25H22N4O3. The zero-order valence-electron chi connectivity index (χ0n) is 17.6. The van der Waals surface area contributed by atoms with Crippen molar-refractivity contribution in [2.24, 2.45) is 0 Å². The van der Waals surface area contributed by atoms with Gasteiger partial charge in [0.05, 0.1) is 36.7 Å². The van der Waals surface area contributed by atoms with Crippen molar-refractivity contribution in [3.05, 3.63) is 100 Å². The Bertz CT molecular complexity index is 1460. The number of H-pyrrole nitrogens is 1. The van der Waals surface area contributed by atoms with Gasteiger partial charge in [0.25, 0.3) is 5.56 Å². The van der Waals surface area contributed by atoms with Crippen LogP contribution in [0.15, 0.2) is 82.5 Å². The number of benzene rings is 2. The number of rotatable bonds is 6. The van der Waals surface area contributed by atoms with E-state index in [0.29, 0.717) is 11.3 Å². The summed E-state index contributed by atoms with van der Waals surface area (Å²) in [5.41, 5.74) is 3.92. The number of amides is 1. The molecule has 0 bridgehead atoms. The molecule has 0 spiro atoms. The molecule has 0 saturated carbocycles. The Morgan fingerprint density at radius 3 is 2.81 bits per heavy atom. The second kappa shape index (κ2) is 8.19. The number of aromatic amines is 1. The van der Waals surface area contributed by atoms with E-state index >= 15 is 0 Å². The number of furan rings is 1. The van der Waals surface area contributed by atoms with E-state index in [4.69, 9.17) is 4.42 Å². The molecule has 0 fully saturated rings. The Morgan fingerprint density at radius 2 is 1.97 bits per heavy atom. The minimum atomic E-state index is -0.202. The molecule has 1 N–H and O–H groups in total. The molecule has 3 aromatic heterocycles. The van der Waals surface area contributed by atoms with Crippen molar-refractivity contribution in [3.63, 3.8) is 0 Å². The first kappa shape index (κ1) is 19.8. The highest BCUT2D eigenvalue weighted by Crippen LogP contribution is 2.17. The standard InChI is InChI=1S/C25H22N4O3/c1-17-8-9-21-18(11-17)12-19(25(31)27-21)13-28(14-20-5-4-10-32-20)24(30)15-29-16-26-22-6-2-3-7-23(22)29/h2-12,16H,13-15H2,1H3,(H,27,31). The predicted molar refractivity (Wildman–Crippen MR) is 122 cm³/mol. The van der Waals surface area contributed by atoms with E-state index < -0.39 is 0 Å². The maximum absolute atomic E-state index is 13.3. The average Bonchev–Trinajstić information content (AvgIpc) is 3.44. The van der Waals surface area contributed by atoms with E-state index in [1.807, 2.05) is 66.1 Å². The third-order valence-electron chi connectivity index (χ3n) is 5.55. The third kappa shape index (κ3) is 3.92. The summed E-state index contributed by atoms with van der Waals surface area (Å²) in [5.74, 6) is 0.523. The number of fused-ring (bicyclic) bond motifs is 2. The Hall–Kier alpha value is -4.13. The van der Waals surface area contributed by atoms with Gasteiger partial charge in [0.15, 0.2) is 0 Å². The molecule has 0 atom stereocenters. The van der Waals surface area contributed by atoms with Gasteiger partial charge in [0.1, 0.15) is 12.3 Å². The summed E-state index contributed by atoms with van der Waals surface area (Å²) in [6, 6.07) is 19.0. The van der Waals surface area contributed by atoms with Crippen LogP contribution in [0.2, 0.25) is 0 Å². The molecule has 2 aromatic carbocycles. The number of carbonyl (C=O) groups is 1. The van der Waals surface area contributed by atoms with Crippen LogP contribution in [0, 0.1) is 6.92 Å². The first-order chi connectivity index (χ1) is 15.6. The number of aromatic nitrogens is 3. The lowest BCUT2D eigenvalue weighted by atomic mass is 10.1. The molecule has 7 nitrogen and oxygen atoms in total. The lowest BCUT2D eigenvalue weighted by Gasteiger charge is -2.22. The fourth-order valence-corrected chi connectivity index (χ4v) is 3.90. The van der Waals surface area contributed by atoms with E-state index in [1.54, 1.807) is 23.6 Å². The number of pyridine rings is 1. The number of imidazole rings is 1. The molecule has 7 heteroatoms. The number of para-hydroxylation sites is 2. The van der Waals surface area contributed by atoms with Gasteiger partial charge in [-0.15, -0.1) is 0 Å². The molecule has 1 amide bonds. The van der Waals surface area contributed by atoms with Crippen LogP contribution in [0.3, 0.4) is 0 Å². The normalized spacial score (nSPS) is 11.3. The molecule has 0 aliphatic heterocycles. The van der Waals surface area contributed by atoms with Gasteiger partial charge in [-0.05, 0) is 54.8 Å². The lowest BCUT2D eigenvalue weighted by Crippen LogP contribution is -2.34. The molecule has 0 saturated heterocycles. The first-order valence-corrected chi connectivity index (χ1v) is 10.4. The Kier molecular flexibility index (Phi) is 5.07. The highest BCUT2D eigenvalue weighted by Gasteiger charge is 2.19. The second-order valence-electron chi connectivity index (χ2n) is 7.90. The van der Waals surface area contributed by atoms with E-state index in [9.17, 15) is 9.59 Å². The van der Waals surface area contributed by atoms with Crippen molar-refractivity contribution in [2.75, 3.05) is 0 Å². The van der Waals surface area contributed by atoms with E-state index in [1.165, 1.54) is 0 Å². The van der Waals surface area contributed by atoms with Gasteiger partial charge in [-0.25, -0.2) is 4.98 Å². The van der Waals surface area contributed by atoms with Gasteiger partial charge in [-0.1, -0.05) is 23.8 Å². The quantitative estimate of drug-likeness (QED) is 0.445. The molecule has 0 radical (unpaired) electrons. The highest BCUT2D eigenvalue weighted by molar-refractivity contribution is 5.81. The molecule has 0 aliphatic carbocycles. The van der Waals surface area contributed by atoms with Gasteiger partial charge >= 0.3 is 0 Å². The number of carbonyl (C=O) groups excluding carboxylic acids is 1. The summed E-state index contributed by atoms with van der Waals surface area (Å²) in [6.45, 7) is 2.56. The van der Waals surface area contributed by atoms with Crippen molar-refractivity contribution in [3.8, 4) is 0 Å². The molecule has 0 aliphatic rings. The minimum absolute atomic E-state index is 0.117. The zero-order chi connectivity index (χ0) is 22.1. The van der Waals surface area contributed by atoms with Gasteiger partial charge < -0.3 is 18.9 Å². The number of hydrogen-bond donors (Lipinski definition) is 1. The highest BCUT2D eigenvalue weighted by atomic mass is 16.3. The molecule has 32 heavy (non-hydrogen) atoms. The van der Waals surface area contributed by atoms with Gasteiger partial charge in [-0.3, -0.25) is 9.59 Å². The summed E-state index contributed by atoms with van der Waals surface area (Å²) >= 11 is 0. The molecule has 3 heterocycles. The van der Waals surface area contributed by atoms with Crippen molar-refractivity contribution >= 4 is 27.8 Å². The Balaban J connectivity index is 1.47. The Labute approximate surface area is 183 Å². The molecule has 0 unspecified atom stereocenters. The summed E-state index contributed by atoms with van der Waals surface area (Å²) in [6.07, 6.45) is 3.24. The SMILES string of the molecule is Cc1ccc2[nH]c(=O)c(CN(Cc3ccco3)C(=O)Cn3cnc4ccccc43)cc2c1. The maximum Gasteiger partial charge on any atom is 0.253 e.